The smallest absolute Gasteiger partial charge is 0.354 e. The number of aromatic nitrogens is 5. The number of halogens is 4. The maximum absolute atomic E-state index is 12.9. The minimum absolute atomic E-state index is 0.0736. The summed E-state index contributed by atoms with van der Waals surface area (Å²) in [5, 5.41) is 7.05. The third-order valence-corrected chi connectivity index (χ3v) is 5.75. The number of anilines is 2. The van der Waals surface area contributed by atoms with E-state index in [1.165, 1.54) is 22.1 Å². The third-order valence-electron chi connectivity index (χ3n) is 4.21. The third kappa shape index (κ3) is 3.93. The number of nitrogens with one attached hydrogen (secondary N) is 1. The molecule has 4 rings (SSSR count). The minimum Gasteiger partial charge on any atom is -0.354 e. The zero-order valence-electron chi connectivity index (χ0n) is 15.9. The summed E-state index contributed by atoms with van der Waals surface area (Å²) in [4.78, 5) is 35.2. The van der Waals surface area contributed by atoms with Crippen LogP contribution in [0.3, 0.4) is 0 Å². The highest BCUT2D eigenvalue weighted by molar-refractivity contribution is 7.22. The molecule has 1 N–H and O–H groups in total. The number of amides is 1. The molecule has 0 aliphatic carbocycles. The van der Waals surface area contributed by atoms with E-state index in [0.29, 0.717) is 15.5 Å². The molecule has 0 saturated heterocycles. The molecule has 9 nitrogen and oxygen atoms in total. The van der Waals surface area contributed by atoms with Gasteiger partial charge in [0.05, 0.1) is 16.3 Å². The minimum atomic E-state index is -4.60. The number of rotatable bonds is 4. The van der Waals surface area contributed by atoms with Gasteiger partial charge in [-0.25, -0.2) is 18.9 Å². The summed E-state index contributed by atoms with van der Waals surface area (Å²) in [6, 6.07) is 2.56. The molecule has 0 saturated carbocycles. The van der Waals surface area contributed by atoms with Gasteiger partial charge in [-0.3, -0.25) is 4.79 Å². The molecule has 0 aliphatic rings. The highest BCUT2D eigenvalue weighted by atomic mass is 35.5. The topological polar surface area (TPSA) is 97.4 Å². The predicted molar refractivity (Wildman–Crippen MR) is 110 cm³/mol. The van der Waals surface area contributed by atoms with Crippen molar-refractivity contribution in [1.82, 2.24) is 24.1 Å². The van der Waals surface area contributed by atoms with E-state index in [4.69, 9.17) is 11.6 Å². The second-order valence-corrected chi connectivity index (χ2v) is 8.05. The first-order valence-electron chi connectivity index (χ1n) is 8.63. The number of alkyl halides is 3. The maximum Gasteiger partial charge on any atom is 0.416 e. The van der Waals surface area contributed by atoms with E-state index >= 15 is 0 Å². The first-order valence-corrected chi connectivity index (χ1v) is 9.82. The van der Waals surface area contributed by atoms with E-state index in [1.54, 1.807) is 4.90 Å². The van der Waals surface area contributed by atoms with Crippen molar-refractivity contribution in [1.29, 1.82) is 0 Å². The summed E-state index contributed by atoms with van der Waals surface area (Å²) in [6.45, 7) is -0.534. The molecular weight excluding hydrogens is 459 g/mol. The van der Waals surface area contributed by atoms with Crippen LogP contribution in [0.25, 0.3) is 16.0 Å². The second kappa shape index (κ2) is 7.50. The van der Waals surface area contributed by atoms with Gasteiger partial charge in [-0.1, -0.05) is 22.9 Å². The normalized spacial score (nSPS) is 11.9. The Kier molecular flexibility index (Phi) is 5.09. The monoisotopic (exact) mass is 471 g/mol. The molecule has 162 valence electrons. The van der Waals surface area contributed by atoms with Crippen molar-refractivity contribution in [3.63, 3.8) is 0 Å². The van der Waals surface area contributed by atoms with E-state index < -0.39 is 29.9 Å². The van der Waals surface area contributed by atoms with Crippen LogP contribution in [0.15, 0.2) is 29.3 Å². The van der Waals surface area contributed by atoms with Crippen molar-refractivity contribution in [3.8, 4) is 0 Å². The molecule has 31 heavy (non-hydrogen) atoms. The van der Waals surface area contributed by atoms with E-state index in [0.717, 1.165) is 22.9 Å². The first kappa shape index (κ1) is 21.1. The van der Waals surface area contributed by atoms with Gasteiger partial charge in [0.2, 0.25) is 5.91 Å². The molecule has 14 heteroatoms. The lowest BCUT2D eigenvalue weighted by atomic mass is 10.2. The Balaban J connectivity index is 1.64. The van der Waals surface area contributed by atoms with Crippen molar-refractivity contribution in [3.05, 3.63) is 45.6 Å². The number of fused-ring (bicyclic) bond motifs is 3. The van der Waals surface area contributed by atoms with Crippen molar-refractivity contribution in [2.45, 2.75) is 12.7 Å². The van der Waals surface area contributed by atoms with E-state index in [-0.39, 0.29) is 16.4 Å². The molecule has 3 heterocycles. The number of thiazole rings is 1. The van der Waals surface area contributed by atoms with Gasteiger partial charge in [-0.2, -0.15) is 18.2 Å². The van der Waals surface area contributed by atoms with Gasteiger partial charge in [-0.05, 0) is 18.2 Å². The number of carbonyl (C=O) groups is 1. The quantitative estimate of drug-likeness (QED) is 0.491. The molecule has 0 bridgehead atoms. The Hall–Kier alpha value is -3.19. The standard InChI is InChI=1S/C17H13ClF3N7O2S/c1-26(2)15-24-13-12(31-15)14-25-28(16(30)27(14)7-22-13)6-11(29)23-10-5-8(17(19,20)21)3-4-9(10)18/h3-5,7H,6H2,1-2H3,(H,23,29). The molecule has 0 aliphatic heterocycles. The van der Waals surface area contributed by atoms with Gasteiger partial charge in [0, 0.05) is 14.1 Å². The molecule has 0 spiro atoms. The second-order valence-electron chi connectivity index (χ2n) is 6.66. The SMILES string of the molecule is CN(C)c1nc2ncn3c(=O)n(CC(=O)Nc4cc(C(F)(F)F)ccc4Cl)nc3c2s1. The van der Waals surface area contributed by atoms with Crippen LogP contribution in [-0.4, -0.2) is 44.2 Å². The average molecular weight is 472 g/mol. The van der Waals surface area contributed by atoms with Gasteiger partial charge < -0.3 is 10.2 Å². The van der Waals surface area contributed by atoms with E-state index in [9.17, 15) is 22.8 Å². The van der Waals surface area contributed by atoms with Gasteiger partial charge in [0.15, 0.2) is 16.4 Å². The first-order chi connectivity index (χ1) is 14.5. The van der Waals surface area contributed by atoms with Crippen molar-refractivity contribution in [2.24, 2.45) is 0 Å². The molecular formula is C17H13ClF3N7O2S. The molecule has 0 radical (unpaired) electrons. The zero-order chi connectivity index (χ0) is 22.5. The summed E-state index contributed by atoms with van der Waals surface area (Å²) in [7, 11) is 3.62. The van der Waals surface area contributed by atoms with Crippen LogP contribution in [0.1, 0.15) is 5.56 Å². The molecule has 3 aromatic heterocycles. The number of hydrogen-bond donors (Lipinski definition) is 1. The fourth-order valence-corrected chi connectivity index (χ4v) is 3.83. The molecule has 0 unspecified atom stereocenters. The number of hydrogen-bond acceptors (Lipinski definition) is 7. The van der Waals surface area contributed by atoms with Gasteiger partial charge in [0.25, 0.3) is 0 Å². The summed E-state index contributed by atoms with van der Waals surface area (Å²) in [5.41, 5.74) is -1.15. The van der Waals surface area contributed by atoms with Crippen molar-refractivity contribution >= 4 is 55.7 Å². The lowest BCUT2D eigenvalue weighted by molar-refractivity contribution is -0.137. The van der Waals surface area contributed by atoms with Gasteiger partial charge in [0.1, 0.15) is 17.6 Å². The largest absolute Gasteiger partial charge is 0.416 e. The van der Waals surface area contributed by atoms with Crippen LogP contribution < -0.4 is 15.9 Å². The Bertz CT molecular complexity index is 1380. The number of nitrogens with zero attached hydrogens (tertiary/aromatic N) is 6. The van der Waals surface area contributed by atoms with E-state index in [2.05, 4.69) is 20.4 Å². The van der Waals surface area contributed by atoms with Crippen molar-refractivity contribution in [2.75, 3.05) is 24.3 Å². The van der Waals surface area contributed by atoms with Crippen LogP contribution in [0.5, 0.6) is 0 Å². The summed E-state index contributed by atoms with van der Waals surface area (Å²) >= 11 is 7.17. The predicted octanol–water partition coefficient (Wildman–Crippen LogP) is 2.88. The molecule has 1 aromatic carbocycles. The lowest BCUT2D eigenvalue weighted by Gasteiger charge is -2.11. The fourth-order valence-electron chi connectivity index (χ4n) is 2.74. The van der Waals surface area contributed by atoms with Crippen LogP contribution >= 0.6 is 22.9 Å². The Morgan fingerprint density at radius 2 is 2.06 bits per heavy atom. The number of carbonyl (C=O) groups excluding carboxylic acids is 1. The average Bonchev–Trinajstić information content (AvgIpc) is 3.25. The summed E-state index contributed by atoms with van der Waals surface area (Å²) in [6.07, 6.45) is -3.34. The highest BCUT2D eigenvalue weighted by Gasteiger charge is 2.31. The Morgan fingerprint density at radius 1 is 1.32 bits per heavy atom. The van der Waals surface area contributed by atoms with E-state index in [1.807, 2.05) is 14.1 Å². The van der Waals surface area contributed by atoms with Gasteiger partial charge >= 0.3 is 11.9 Å². The molecule has 1 amide bonds. The fraction of sp³-hybridized carbons (Fsp3) is 0.235. The van der Waals surface area contributed by atoms with Crippen LogP contribution in [-0.2, 0) is 17.5 Å². The molecule has 0 fully saturated rings. The molecule has 4 aromatic rings. The molecule has 0 atom stereocenters. The van der Waals surface area contributed by atoms with Crippen LogP contribution in [0, 0.1) is 0 Å². The van der Waals surface area contributed by atoms with Gasteiger partial charge in [-0.15, -0.1) is 5.10 Å². The maximum atomic E-state index is 12.9. The van der Waals surface area contributed by atoms with Crippen LogP contribution in [0.2, 0.25) is 5.02 Å². The Morgan fingerprint density at radius 3 is 2.74 bits per heavy atom. The summed E-state index contributed by atoms with van der Waals surface area (Å²) in [5.74, 6) is -0.769. The summed E-state index contributed by atoms with van der Waals surface area (Å²) < 4.78 is 41.3. The Labute approximate surface area is 180 Å². The van der Waals surface area contributed by atoms with Crippen molar-refractivity contribution < 1.29 is 18.0 Å². The lowest BCUT2D eigenvalue weighted by Crippen LogP contribution is -2.28. The zero-order valence-corrected chi connectivity index (χ0v) is 17.5. The highest BCUT2D eigenvalue weighted by Crippen LogP contribution is 2.34. The number of benzene rings is 1. The van der Waals surface area contributed by atoms with Crippen LogP contribution in [0.4, 0.5) is 24.0 Å².